The SMILES string of the molecule is CCCNCc1occc1CN(C)c1ccccc1. The van der Waals surface area contributed by atoms with Crippen molar-refractivity contribution in [2.24, 2.45) is 0 Å². The number of furan rings is 1. The normalized spacial score (nSPS) is 10.6. The third-order valence-corrected chi connectivity index (χ3v) is 3.15. The number of nitrogens with zero attached hydrogens (tertiary/aromatic N) is 1. The molecule has 0 spiro atoms. The summed E-state index contributed by atoms with van der Waals surface area (Å²) in [7, 11) is 2.10. The van der Waals surface area contributed by atoms with Crippen molar-refractivity contribution in [3.05, 3.63) is 54.0 Å². The van der Waals surface area contributed by atoms with Gasteiger partial charge in [0, 0.05) is 24.8 Å². The van der Waals surface area contributed by atoms with Crippen molar-refractivity contribution in [2.45, 2.75) is 26.4 Å². The van der Waals surface area contributed by atoms with E-state index < -0.39 is 0 Å². The number of hydrogen-bond donors (Lipinski definition) is 1. The van der Waals surface area contributed by atoms with E-state index in [0.29, 0.717) is 0 Å². The van der Waals surface area contributed by atoms with E-state index in [2.05, 4.69) is 54.5 Å². The predicted octanol–water partition coefficient (Wildman–Crippen LogP) is 3.42. The van der Waals surface area contributed by atoms with Crippen LogP contribution < -0.4 is 10.2 Å². The smallest absolute Gasteiger partial charge is 0.122 e. The van der Waals surface area contributed by atoms with Crippen LogP contribution in [0.4, 0.5) is 5.69 Å². The summed E-state index contributed by atoms with van der Waals surface area (Å²) in [5.41, 5.74) is 2.46. The standard InChI is InChI=1S/C16H22N2O/c1-3-10-17-12-16-14(9-11-19-16)13-18(2)15-7-5-4-6-8-15/h4-9,11,17H,3,10,12-13H2,1-2H3. The molecule has 2 rings (SSSR count). The Hall–Kier alpha value is -1.74. The van der Waals surface area contributed by atoms with Gasteiger partial charge in [0.05, 0.1) is 12.8 Å². The molecular weight excluding hydrogens is 236 g/mol. The Morgan fingerprint density at radius 2 is 1.95 bits per heavy atom. The Labute approximate surface area is 115 Å². The quantitative estimate of drug-likeness (QED) is 0.771. The van der Waals surface area contributed by atoms with E-state index in [0.717, 1.165) is 31.8 Å². The molecule has 3 heteroatoms. The van der Waals surface area contributed by atoms with Crippen LogP contribution in [0.1, 0.15) is 24.7 Å². The number of nitrogens with one attached hydrogen (secondary N) is 1. The van der Waals surface area contributed by atoms with Crippen molar-refractivity contribution in [1.82, 2.24) is 5.32 Å². The highest BCUT2D eigenvalue weighted by Crippen LogP contribution is 2.18. The maximum Gasteiger partial charge on any atom is 0.122 e. The van der Waals surface area contributed by atoms with Gasteiger partial charge in [0.1, 0.15) is 5.76 Å². The number of anilines is 1. The van der Waals surface area contributed by atoms with Crippen LogP contribution in [0.2, 0.25) is 0 Å². The first-order valence-electron chi connectivity index (χ1n) is 6.83. The summed E-state index contributed by atoms with van der Waals surface area (Å²) in [6.07, 6.45) is 2.91. The van der Waals surface area contributed by atoms with Crippen molar-refractivity contribution in [2.75, 3.05) is 18.5 Å². The van der Waals surface area contributed by atoms with Crippen LogP contribution in [-0.4, -0.2) is 13.6 Å². The monoisotopic (exact) mass is 258 g/mol. The minimum absolute atomic E-state index is 0.804. The van der Waals surface area contributed by atoms with E-state index in [1.807, 2.05) is 6.07 Å². The van der Waals surface area contributed by atoms with Crippen LogP contribution in [0.3, 0.4) is 0 Å². The molecule has 0 aliphatic heterocycles. The minimum atomic E-state index is 0.804. The average molecular weight is 258 g/mol. The number of rotatable bonds is 7. The van der Waals surface area contributed by atoms with Gasteiger partial charge in [-0.3, -0.25) is 0 Å². The van der Waals surface area contributed by atoms with E-state index in [1.165, 1.54) is 11.3 Å². The van der Waals surface area contributed by atoms with Gasteiger partial charge in [0.15, 0.2) is 0 Å². The van der Waals surface area contributed by atoms with Crippen molar-refractivity contribution >= 4 is 5.69 Å². The first-order chi connectivity index (χ1) is 9.31. The van der Waals surface area contributed by atoms with Gasteiger partial charge in [-0.05, 0) is 31.2 Å². The van der Waals surface area contributed by atoms with E-state index in [-0.39, 0.29) is 0 Å². The molecule has 1 N–H and O–H groups in total. The van der Waals surface area contributed by atoms with Crippen LogP contribution in [0, 0.1) is 0 Å². The van der Waals surface area contributed by atoms with E-state index >= 15 is 0 Å². The van der Waals surface area contributed by atoms with Crippen molar-refractivity contribution in [1.29, 1.82) is 0 Å². The molecule has 0 fully saturated rings. The van der Waals surface area contributed by atoms with E-state index in [1.54, 1.807) is 6.26 Å². The van der Waals surface area contributed by atoms with Crippen LogP contribution in [0.5, 0.6) is 0 Å². The topological polar surface area (TPSA) is 28.4 Å². The van der Waals surface area contributed by atoms with Gasteiger partial charge in [-0.1, -0.05) is 25.1 Å². The summed E-state index contributed by atoms with van der Waals surface area (Å²) in [6, 6.07) is 12.5. The van der Waals surface area contributed by atoms with Gasteiger partial charge >= 0.3 is 0 Å². The van der Waals surface area contributed by atoms with Gasteiger partial charge in [0.25, 0.3) is 0 Å². The molecule has 1 aromatic heterocycles. The maximum atomic E-state index is 5.56. The fraction of sp³-hybridized carbons (Fsp3) is 0.375. The molecule has 19 heavy (non-hydrogen) atoms. The average Bonchev–Trinajstić information content (AvgIpc) is 2.87. The van der Waals surface area contributed by atoms with Gasteiger partial charge in [-0.15, -0.1) is 0 Å². The highest BCUT2D eigenvalue weighted by Gasteiger charge is 2.09. The largest absolute Gasteiger partial charge is 0.468 e. The molecule has 102 valence electrons. The zero-order chi connectivity index (χ0) is 13.5. The number of benzene rings is 1. The van der Waals surface area contributed by atoms with Crippen LogP contribution >= 0.6 is 0 Å². The lowest BCUT2D eigenvalue weighted by Gasteiger charge is -2.19. The third-order valence-electron chi connectivity index (χ3n) is 3.15. The number of para-hydroxylation sites is 1. The second kappa shape index (κ2) is 7.00. The molecule has 0 saturated carbocycles. The van der Waals surface area contributed by atoms with Crippen LogP contribution in [0.15, 0.2) is 47.1 Å². The summed E-state index contributed by atoms with van der Waals surface area (Å²) in [4.78, 5) is 2.23. The lowest BCUT2D eigenvalue weighted by Crippen LogP contribution is -2.19. The molecule has 2 aromatic rings. The highest BCUT2D eigenvalue weighted by molar-refractivity contribution is 5.45. The molecule has 0 bridgehead atoms. The summed E-state index contributed by atoms with van der Waals surface area (Å²) in [6.45, 7) is 4.86. The zero-order valence-corrected chi connectivity index (χ0v) is 11.7. The van der Waals surface area contributed by atoms with E-state index in [4.69, 9.17) is 4.42 Å². The summed E-state index contributed by atoms with van der Waals surface area (Å²) in [5.74, 6) is 1.04. The lowest BCUT2D eigenvalue weighted by atomic mass is 10.2. The van der Waals surface area contributed by atoms with Crippen LogP contribution in [-0.2, 0) is 13.1 Å². The molecular formula is C16H22N2O. The van der Waals surface area contributed by atoms with Crippen LogP contribution in [0.25, 0.3) is 0 Å². The van der Waals surface area contributed by atoms with E-state index in [9.17, 15) is 0 Å². The fourth-order valence-corrected chi connectivity index (χ4v) is 2.07. The van der Waals surface area contributed by atoms with Gasteiger partial charge in [-0.25, -0.2) is 0 Å². The lowest BCUT2D eigenvalue weighted by molar-refractivity contribution is 0.478. The summed E-state index contributed by atoms with van der Waals surface area (Å²) < 4.78 is 5.56. The van der Waals surface area contributed by atoms with Crippen molar-refractivity contribution < 1.29 is 4.42 Å². The fourth-order valence-electron chi connectivity index (χ4n) is 2.07. The molecule has 0 amide bonds. The minimum Gasteiger partial charge on any atom is -0.468 e. The Balaban J connectivity index is 1.97. The van der Waals surface area contributed by atoms with Crippen molar-refractivity contribution in [3.63, 3.8) is 0 Å². The van der Waals surface area contributed by atoms with Gasteiger partial charge < -0.3 is 14.6 Å². The molecule has 3 nitrogen and oxygen atoms in total. The first-order valence-corrected chi connectivity index (χ1v) is 6.83. The van der Waals surface area contributed by atoms with Crippen molar-refractivity contribution in [3.8, 4) is 0 Å². The summed E-state index contributed by atoms with van der Waals surface area (Å²) in [5, 5.41) is 3.38. The Kier molecular flexibility index (Phi) is 5.04. The van der Waals surface area contributed by atoms with Gasteiger partial charge in [0.2, 0.25) is 0 Å². The second-order valence-electron chi connectivity index (χ2n) is 4.74. The molecule has 0 aliphatic carbocycles. The zero-order valence-electron chi connectivity index (χ0n) is 11.7. The Morgan fingerprint density at radius 1 is 1.16 bits per heavy atom. The Bertz CT molecular complexity index is 479. The van der Waals surface area contributed by atoms with Gasteiger partial charge in [-0.2, -0.15) is 0 Å². The molecule has 0 atom stereocenters. The third kappa shape index (κ3) is 3.86. The molecule has 1 heterocycles. The molecule has 0 radical (unpaired) electrons. The first kappa shape index (κ1) is 13.7. The predicted molar refractivity (Wildman–Crippen MR) is 79.3 cm³/mol. The molecule has 0 saturated heterocycles. The number of hydrogen-bond acceptors (Lipinski definition) is 3. The Morgan fingerprint density at radius 3 is 2.68 bits per heavy atom. The maximum absolute atomic E-state index is 5.56. The highest BCUT2D eigenvalue weighted by atomic mass is 16.3. The molecule has 0 aliphatic rings. The summed E-state index contributed by atoms with van der Waals surface area (Å²) >= 11 is 0. The molecule has 0 unspecified atom stereocenters. The second-order valence-corrected chi connectivity index (χ2v) is 4.74. The molecule has 1 aromatic carbocycles.